The van der Waals surface area contributed by atoms with Crippen LogP contribution in [0.5, 0.6) is 5.75 Å². The minimum Gasteiger partial charge on any atom is -0.494 e. The molecule has 14 heavy (non-hydrogen) atoms. The Bertz CT molecular complexity index is 331. The van der Waals surface area contributed by atoms with Gasteiger partial charge in [0, 0.05) is 0 Å². The molecule has 0 aliphatic rings. The molecule has 1 aromatic carbocycles. The van der Waals surface area contributed by atoms with Crippen LogP contribution in [0.2, 0.25) is 0 Å². The number of carboxylic acids is 1. The van der Waals surface area contributed by atoms with Gasteiger partial charge in [0.2, 0.25) is 0 Å². The van der Waals surface area contributed by atoms with Crippen molar-refractivity contribution in [2.24, 2.45) is 0 Å². The van der Waals surface area contributed by atoms with Crippen LogP contribution < -0.4 is 4.74 Å². The Hall–Kier alpha value is -1.51. The number of aliphatic carboxylic acids is 1. The highest BCUT2D eigenvalue weighted by Gasteiger charge is 2.04. The normalized spacial score (nSPS) is 9.86. The fourth-order valence-corrected chi connectivity index (χ4v) is 1.24. The standard InChI is InChI=1S/C11H14O3/c1-3-14-10-6-9(7-11(12)13)5-4-8(10)2/h4-6H,3,7H2,1-2H3,(H,12,13). The average molecular weight is 194 g/mol. The van der Waals surface area contributed by atoms with Crippen molar-refractivity contribution in [2.75, 3.05) is 6.61 Å². The van der Waals surface area contributed by atoms with Crippen LogP contribution >= 0.6 is 0 Å². The van der Waals surface area contributed by atoms with Crippen molar-refractivity contribution in [3.05, 3.63) is 29.3 Å². The molecule has 0 radical (unpaired) electrons. The SMILES string of the molecule is CCOc1cc(CC(=O)O)ccc1C. The third-order valence-electron chi connectivity index (χ3n) is 1.91. The van der Waals surface area contributed by atoms with Gasteiger partial charge in [-0.25, -0.2) is 0 Å². The van der Waals surface area contributed by atoms with Gasteiger partial charge in [0.25, 0.3) is 0 Å². The van der Waals surface area contributed by atoms with Gasteiger partial charge in [-0.3, -0.25) is 4.79 Å². The summed E-state index contributed by atoms with van der Waals surface area (Å²) in [6, 6.07) is 5.47. The first kappa shape index (κ1) is 10.6. The fraction of sp³-hybridized carbons (Fsp3) is 0.364. The molecular weight excluding hydrogens is 180 g/mol. The third-order valence-corrected chi connectivity index (χ3v) is 1.91. The molecule has 0 spiro atoms. The summed E-state index contributed by atoms with van der Waals surface area (Å²) < 4.78 is 5.37. The molecule has 0 amide bonds. The lowest BCUT2D eigenvalue weighted by molar-refractivity contribution is -0.136. The molecule has 0 heterocycles. The molecule has 1 aromatic rings. The number of hydrogen-bond donors (Lipinski definition) is 1. The van der Waals surface area contributed by atoms with Crippen LogP contribution in [0.15, 0.2) is 18.2 Å². The highest BCUT2D eigenvalue weighted by Crippen LogP contribution is 2.19. The van der Waals surface area contributed by atoms with Crippen LogP contribution in [0.25, 0.3) is 0 Å². The predicted octanol–water partition coefficient (Wildman–Crippen LogP) is 2.02. The molecule has 1 N–H and O–H groups in total. The Balaban J connectivity index is 2.88. The average Bonchev–Trinajstić information content (AvgIpc) is 2.10. The molecule has 0 bridgehead atoms. The van der Waals surface area contributed by atoms with Gasteiger partial charge in [0.15, 0.2) is 0 Å². The largest absolute Gasteiger partial charge is 0.494 e. The van der Waals surface area contributed by atoms with E-state index in [-0.39, 0.29) is 6.42 Å². The Morgan fingerprint density at radius 1 is 1.50 bits per heavy atom. The summed E-state index contributed by atoms with van der Waals surface area (Å²) >= 11 is 0. The fourth-order valence-electron chi connectivity index (χ4n) is 1.24. The Morgan fingerprint density at radius 2 is 2.21 bits per heavy atom. The maximum absolute atomic E-state index is 10.5. The lowest BCUT2D eigenvalue weighted by Gasteiger charge is -2.08. The van der Waals surface area contributed by atoms with Crippen molar-refractivity contribution >= 4 is 5.97 Å². The summed E-state index contributed by atoms with van der Waals surface area (Å²) in [6.07, 6.45) is 0.0420. The first-order valence-corrected chi connectivity index (χ1v) is 4.57. The summed E-state index contributed by atoms with van der Waals surface area (Å²) in [6.45, 7) is 4.44. The Kier molecular flexibility index (Phi) is 3.51. The highest BCUT2D eigenvalue weighted by molar-refractivity contribution is 5.70. The van der Waals surface area contributed by atoms with Gasteiger partial charge in [0.1, 0.15) is 5.75 Å². The van der Waals surface area contributed by atoms with E-state index in [0.29, 0.717) is 6.61 Å². The second-order valence-electron chi connectivity index (χ2n) is 3.10. The van der Waals surface area contributed by atoms with Gasteiger partial charge in [-0.1, -0.05) is 12.1 Å². The number of carbonyl (C=O) groups is 1. The van der Waals surface area contributed by atoms with Gasteiger partial charge < -0.3 is 9.84 Å². The molecule has 0 aliphatic heterocycles. The lowest BCUT2D eigenvalue weighted by Crippen LogP contribution is -2.01. The number of rotatable bonds is 4. The van der Waals surface area contributed by atoms with E-state index >= 15 is 0 Å². The Morgan fingerprint density at radius 3 is 2.79 bits per heavy atom. The summed E-state index contributed by atoms with van der Waals surface area (Å²) in [4.78, 5) is 10.5. The van der Waals surface area contributed by atoms with Crippen LogP contribution in [-0.2, 0) is 11.2 Å². The molecule has 0 saturated carbocycles. The summed E-state index contributed by atoms with van der Waals surface area (Å²) in [7, 11) is 0. The monoisotopic (exact) mass is 194 g/mol. The lowest BCUT2D eigenvalue weighted by atomic mass is 10.1. The molecule has 0 saturated heterocycles. The zero-order chi connectivity index (χ0) is 10.6. The first-order valence-electron chi connectivity index (χ1n) is 4.57. The van der Waals surface area contributed by atoms with Gasteiger partial charge in [-0.2, -0.15) is 0 Å². The van der Waals surface area contributed by atoms with E-state index in [2.05, 4.69) is 0 Å². The second kappa shape index (κ2) is 4.65. The van der Waals surface area contributed by atoms with Crippen molar-refractivity contribution in [3.8, 4) is 5.75 Å². The molecule has 76 valence electrons. The zero-order valence-corrected chi connectivity index (χ0v) is 8.41. The number of aryl methyl sites for hydroxylation is 1. The minimum atomic E-state index is -0.823. The molecule has 1 rings (SSSR count). The van der Waals surface area contributed by atoms with Crippen LogP contribution in [-0.4, -0.2) is 17.7 Å². The Labute approximate surface area is 83.3 Å². The molecular formula is C11H14O3. The maximum atomic E-state index is 10.5. The van der Waals surface area contributed by atoms with Crippen molar-refractivity contribution in [1.29, 1.82) is 0 Å². The predicted molar refractivity (Wildman–Crippen MR) is 53.7 cm³/mol. The summed E-state index contributed by atoms with van der Waals surface area (Å²) in [5, 5.41) is 8.62. The molecule has 0 fully saturated rings. The van der Waals surface area contributed by atoms with E-state index in [1.54, 1.807) is 6.07 Å². The van der Waals surface area contributed by atoms with Gasteiger partial charge >= 0.3 is 5.97 Å². The van der Waals surface area contributed by atoms with Crippen LogP contribution in [0.4, 0.5) is 0 Å². The highest BCUT2D eigenvalue weighted by atomic mass is 16.5. The minimum absolute atomic E-state index is 0.0420. The van der Waals surface area contributed by atoms with Crippen molar-refractivity contribution in [3.63, 3.8) is 0 Å². The number of benzene rings is 1. The van der Waals surface area contributed by atoms with Crippen molar-refractivity contribution < 1.29 is 14.6 Å². The molecule has 0 aromatic heterocycles. The smallest absolute Gasteiger partial charge is 0.307 e. The topological polar surface area (TPSA) is 46.5 Å². The van der Waals surface area contributed by atoms with Crippen LogP contribution in [0, 0.1) is 6.92 Å². The van der Waals surface area contributed by atoms with E-state index in [0.717, 1.165) is 16.9 Å². The van der Waals surface area contributed by atoms with Gasteiger partial charge in [-0.05, 0) is 31.0 Å². The first-order chi connectivity index (χ1) is 6.63. The second-order valence-corrected chi connectivity index (χ2v) is 3.10. The maximum Gasteiger partial charge on any atom is 0.307 e. The molecule has 3 nitrogen and oxygen atoms in total. The van der Waals surface area contributed by atoms with E-state index < -0.39 is 5.97 Å². The van der Waals surface area contributed by atoms with Gasteiger partial charge in [0.05, 0.1) is 13.0 Å². The number of carboxylic acid groups (broad SMARTS) is 1. The number of ether oxygens (including phenoxy) is 1. The van der Waals surface area contributed by atoms with E-state index in [1.807, 2.05) is 26.0 Å². The molecule has 3 heteroatoms. The molecule has 0 unspecified atom stereocenters. The summed E-state index contributed by atoms with van der Waals surface area (Å²) in [5.74, 6) is -0.0532. The van der Waals surface area contributed by atoms with Crippen molar-refractivity contribution in [2.45, 2.75) is 20.3 Å². The number of hydrogen-bond acceptors (Lipinski definition) is 2. The quantitative estimate of drug-likeness (QED) is 0.797. The van der Waals surface area contributed by atoms with Crippen LogP contribution in [0.3, 0.4) is 0 Å². The molecule has 0 atom stereocenters. The molecule has 0 aliphatic carbocycles. The van der Waals surface area contributed by atoms with Crippen LogP contribution in [0.1, 0.15) is 18.1 Å². The summed E-state index contributed by atoms with van der Waals surface area (Å²) in [5.41, 5.74) is 1.80. The van der Waals surface area contributed by atoms with Crippen molar-refractivity contribution in [1.82, 2.24) is 0 Å². The van der Waals surface area contributed by atoms with Gasteiger partial charge in [-0.15, -0.1) is 0 Å². The van der Waals surface area contributed by atoms with E-state index in [1.165, 1.54) is 0 Å². The van der Waals surface area contributed by atoms with E-state index in [9.17, 15) is 4.79 Å². The van der Waals surface area contributed by atoms with E-state index in [4.69, 9.17) is 9.84 Å². The zero-order valence-electron chi connectivity index (χ0n) is 8.41. The third kappa shape index (κ3) is 2.76.